The molecule has 2 rings (SSSR count). The van der Waals surface area contributed by atoms with Gasteiger partial charge in [0.15, 0.2) is 0 Å². The number of aliphatic hydroxyl groups is 1. The topological polar surface area (TPSA) is 69.6 Å². The zero-order valence-corrected chi connectivity index (χ0v) is 14.2. The monoisotopic (exact) mass is 412 g/mol. The second kappa shape index (κ2) is 5.79. The van der Waals surface area contributed by atoms with E-state index in [2.05, 4.69) is 37.2 Å². The van der Waals surface area contributed by atoms with Crippen LogP contribution in [0.5, 0.6) is 0 Å². The van der Waals surface area contributed by atoms with Gasteiger partial charge in [0.25, 0.3) is 0 Å². The summed E-state index contributed by atoms with van der Waals surface area (Å²) in [4.78, 5) is 0.192. The molecule has 0 spiro atoms. The van der Waals surface area contributed by atoms with Gasteiger partial charge >= 0.3 is 0 Å². The molecular formula is C11H14Br2N2O3S. The van der Waals surface area contributed by atoms with Gasteiger partial charge in [-0.05, 0) is 34.1 Å². The molecule has 0 saturated carbocycles. The van der Waals surface area contributed by atoms with Gasteiger partial charge in [-0.1, -0.05) is 15.9 Å². The van der Waals surface area contributed by atoms with Crippen LogP contribution >= 0.6 is 31.9 Å². The molecule has 0 amide bonds. The quantitative estimate of drug-likeness (QED) is 0.780. The minimum atomic E-state index is -3.64. The number of aliphatic hydroxyl groups excluding tert-OH is 1. The van der Waals surface area contributed by atoms with Gasteiger partial charge in [-0.15, -0.1) is 0 Å². The number of rotatable bonds is 3. The molecule has 1 aliphatic heterocycles. The molecule has 0 unspecified atom stereocenters. The van der Waals surface area contributed by atoms with E-state index < -0.39 is 22.2 Å². The number of nitrogens with one attached hydrogen (secondary N) is 1. The summed E-state index contributed by atoms with van der Waals surface area (Å²) in [5.41, 5.74) is 0. The van der Waals surface area contributed by atoms with Crippen molar-refractivity contribution < 1.29 is 13.5 Å². The van der Waals surface area contributed by atoms with Crippen molar-refractivity contribution in [2.24, 2.45) is 0 Å². The van der Waals surface area contributed by atoms with E-state index in [0.29, 0.717) is 17.6 Å². The molecule has 8 heteroatoms. The molecule has 19 heavy (non-hydrogen) atoms. The van der Waals surface area contributed by atoms with Gasteiger partial charge in [0.1, 0.15) is 0 Å². The number of β-amino-alcohol motifs (C(OH)–C–C–N with tert-alkyl or cyclic N) is 1. The summed E-state index contributed by atoms with van der Waals surface area (Å²) in [6.07, 6.45) is -0.686. The van der Waals surface area contributed by atoms with Crippen LogP contribution in [-0.4, -0.2) is 50.1 Å². The van der Waals surface area contributed by atoms with Crippen LogP contribution in [0.1, 0.15) is 0 Å². The molecule has 2 N–H and O–H groups in total. The molecule has 1 aromatic carbocycles. The Morgan fingerprint density at radius 1 is 1.37 bits per heavy atom. The van der Waals surface area contributed by atoms with E-state index in [1.807, 2.05) is 0 Å². The largest absolute Gasteiger partial charge is 0.390 e. The van der Waals surface area contributed by atoms with Crippen molar-refractivity contribution in [1.82, 2.24) is 9.62 Å². The zero-order valence-electron chi connectivity index (χ0n) is 10.2. The minimum Gasteiger partial charge on any atom is -0.390 e. The maximum absolute atomic E-state index is 12.5. The van der Waals surface area contributed by atoms with E-state index >= 15 is 0 Å². The van der Waals surface area contributed by atoms with Crippen LogP contribution in [0, 0.1) is 0 Å². The molecule has 1 heterocycles. The number of likely N-dealkylation sites (N-methyl/N-ethyl adjacent to an activating group) is 1. The smallest absolute Gasteiger partial charge is 0.244 e. The normalized spacial score (nSPS) is 24.1. The summed E-state index contributed by atoms with van der Waals surface area (Å²) in [7, 11) is -2.15. The van der Waals surface area contributed by atoms with Crippen molar-refractivity contribution in [3.63, 3.8) is 0 Å². The molecule has 0 radical (unpaired) electrons. The number of benzene rings is 1. The van der Waals surface area contributed by atoms with E-state index in [9.17, 15) is 13.5 Å². The van der Waals surface area contributed by atoms with Crippen LogP contribution in [-0.2, 0) is 10.0 Å². The van der Waals surface area contributed by atoms with Crippen molar-refractivity contribution in [2.75, 3.05) is 20.1 Å². The third-order valence-corrected chi connectivity index (χ3v) is 6.52. The van der Waals surface area contributed by atoms with Gasteiger partial charge in [-0.2, -0.15) is 4.31 Å². The SMILES string of the molecule is CN([C@H]1CNC[C@@H]1O)S(=O)(=O)c1ccc(Br)cc1Br. The summed E-state index contributed by atoms with van der Waals surface area (Å²) in [5, 5.41) is 12.8. The summed E-state index contributed by atoms with van der Waals surface area (Å²) < 4.78 is 27.6. The fourth-order valence-electron chi connectivity index (χ4n) is 2.04. The van der Waals surface area contributed by atoms with E-state index in [-0.39, 0.29) is 4.90 Å². The molecule has 2 atom stereocenters. The number of hydrogen-bond donors (Lipinski definition) is 2. The maximum atomic E-state index is 12.5. The highest BCUT2D eigenvalue weighted by Gasteiger charge is 2.36. The van der Waals surface area contributed by atoms with Crippen LogP contribution in [0.3, 0.4) is 0 Å². The summed E-state index contributed by atoms with van der Waals surface area (Å²) in [5.74, 6) is 0. The Morgan fingerprint density at radius 3 is 2.58 bits per heavy atom. The molecular weight excluding hydrogens is 400 g/mol. The van der Waals surface area contributed by atoms with Crippen molar-refractivity contribution in [1.29, 1.82) is 0 Å². The first-order valence-corrected chi connectivity index (χ1v) is 8.68. The lowest BCUT2D eigenvalue weighted by molar-refractivity contribution is 0.136. The average molecular weight is 414 g/mol. The van der Waals surface area contributed by atoms with Gasteiger partial charge in [0.2, 0.25) is 10.0 Å². The second-order valence-corrected chi connectivity index (χ2v) is 8.12. The number of sulfonamides is 1. The standard InChI is InChI=1S/C11H14Br2N2O3S/c1-15(9-5-14-6-10(9)16)19(17,18)11-3-2-7(12)4-8(11)13/h2-4,9-10,14,16H,5-6H2,1H3/t9-,10-/m0/s1. The lowest BCUT2D eigenvalue weighted by Crippen LogP contribution is -2.44. The fourth-order valence-corrected chi connectivity index (χ4v) is 5.13. The molecule has 106 valence electrons. The van der Waals surface area contributed by atoms with E-state index in [1.54, 1.807) is 12.1 Å². The third kappa shape index (κ3) is 3.03. The van der Waals surface area contributed by atoms with Crippen LogP contribution in [0.25, 0.3) is 0 Å². The van der Waals surface area contributed by atoms with Gasteiger partial charge < -0.3 is 10.4 Å². The van der Waals surface area contributed by atoms with Crippen molar-refractivity contribution in [2.45, 2.75) is 17.0 Å². The Labute approximate surface area is 129 Å². The predicted molar refractivity (Wildman–Crippen MR) is 79.5 cm³/mol. The Hall–Kier alpha value is 0.01000. The van der Waals surface area contributed by atoms with Gasteiger partial charge in [-0.25, -0.2) is 8.42 Å². The highest BCUT2D eigenvalue weighted by molar-refractivity contribution is 9.11. The minimum absolute atomic E-state index is 0.192. The van der Waals surface area contributed by atoms with Crippen LogP contribution in [0.2, 0.25) is 0 Å². The number of hydrogen-bond acceptors (Lipinski definition) is 4. The van der Waals surface area contributed by atoms with Crippen molar-refractivity contribution in [3.05, 3.63) is 27.1 Å². The highest BCUT2D eigenvalue weighted by atomic mass is 79.9. The average Bonchev–Trinajstić information content (AvgIpc) is 2.73. The molecule has 1 saturated heterocycles. The first kappa shape index (κ1) is 15.4. The molecule has 5 nitrogen and oxygen atoms in total. The van der Waals surface area contributed by atoms with Crippen LogP contribution in [0.4, 0.5) is 0 Å². The van der Waals surface area contributed by atoms with E-state index in [1.165, 1.54) is 17.4 Å². The zero-order chi connectivity index (χ0) is 14.2. The van der Waals surface area contributed by atoms with Crippen molar-refractivity contribution >= 4 is 41.9 Å². The predicted octanol–water partition coefficient (Wildman–Crippen LogP) is 1.16. The summed E-state index contributed by atoms with van der Waals surface area (Å²) in [6, 6.07) is 4.45. The van der Waals surface area contributed by atoms with E-state index in [0.717, 1.165) is 4.47 Å². The molecule has 1 fully saturated rings. The molecule has 0 bridgehead atoms. The molecule has 1 aliphatic rings. The molecule has 1 aromatic rings. The Morgan fingerprint density at radius 2 is 2.05 bits per heavy atom. The fraction of sp³-hybridized carbons (Fsp3) is 0.455. The number of nitrogens with zero attached hydrogens (tertiary/aromatic N) is 1. The maximum Gasteiger partial charge on any atom is 0.244 e. The summed E-state index contributed by atoms with van der Waals surface area (Å²) >= 11 is 6.55. The second-order valence-electron chi connectivity index (χ2n) is 4.39. The molecule has 0 aliphatic carbocycles. The summed E-state index contributed by atoms with van der Waals surface area (Å²) in [6.45, 7) is 0.858. The highest BCUT2D eigenvalue weighted by Crippen LogP contribution is 2.29. The van der Waals surface area contributed by atoms with Gasteiger partial charge in [-0.3, -0.25) is 0 Å². The Bertz CT molecular complexity index is 579. The lowest BCUT2D eigenvalue weighted by atomic mass is 10.2. The lowest BCUT2D eigenvalue weighted by Gasteiger charge is -2.26. The van der Waals surface area contributed by atoms with Gasteiger partial charge in [0.05, 0.1) is 17.0 Å². The van der Waals surface area contributed by atoms with Crippen LogP contribution < -0.4 is 5.32 Å². The first-order valence-electron chi connectivity index (χ1n) is 5.66. The Kier molecular flexibility index (Phi) is 4.69. The van der Waals surface area contributed by atoms with Crippen LogP contribution in [0.15, 0.2) is 32.0 Å². The third-order valence-electron chi connectivity index (χ3n) is 3.17. The first-order chi connectivity index (χ1) is 8.84. The van der Waals surface area contributed by atoms with Crippen molar-refractivity contribution in [3.8, 4) is 0 Å². The molecule has 0 aromatic heterocycles. The van der Waals surface area contributed by atoms with Gasteiger partial charge in [0, 0.05) is 29.1 Å². The number of halogens is 2. The Balaban J connectivity index is 2.36. The van der Waals surface area contributed by atoms with E-state index in [4.69, 9.17) is 0 Å².